The van der Waals surface area contributed by atoms with Crippen molar-refractivity contribution in [3.05, 3.63) is 16.5 Å². The second-order valence-electron chi connectivity index (χ2n) is 4.94. The third kappa shape index (κ3) is 3.16. The molecule has 1 heterocycles. The Balaban J connectivity index is 2.09. The number of nitrogens with two attached hydrogens (primary N) is 1. The lowest BCUT2D eigenvalue weighted by atomic mass is 9.84. The van der Waals surface area contributed by atoms with E-state index < -0.39 is 10.0 Å². The van der Waals surface area contributed by atoms with Crippen LogP contribution in [0.25, 0.3) is 0 Å². The maximum Gasteiger partial charge on any atom is 0.250 e. The summed E-state index contributed by atoms with van der Waals surface area (Å²) >= 11 is 3.03. The van der Waals surface area contributed by atoms with Gasteiger partial charge in [-0.1, -0.05) is 6.42 Å². The molecule has 0 saturated heterocycles. The van der Waals surface area contributed by atoms with Crippen LogP contribution in [-0.4, -0.2) is 26.0 Å². The molecule has 1 aromatic heterocycles. The number of nitrogens with one attached hydrogen (secondary N) is 1. The van der Waals surface area contributed by atoms with Gasteiger partial charge in [0.25, 0.3) is 0 Å². The van der Waals surface area contributed by atoms with E-state index in [1.807, 2.05) is 6.92 Å². The van der Waals surface area contributed by atoms with Gasteiger partial charge in [-0.2, -0.15) is 11.8 Å². The van der Waals surface area contributed by atoms with Gasteiger partial charge in [-0.25, -0.2) is 13.1 Å². The van der Waals surface area contributed by atoms with Gasteiger partial charge in [-0.15, -0.1) is 11.3 Å². The number of thiophene rings is 1. The zero-order valence-corrected chi connectivity index (χ0v) is 13.7. The largest absolute Gasteiger partial charge is 0.326 e. The summed E-state index contributed by atoms with van der Waals surface area (Å²) in [5, 5.41) is 0. The molecule has 7 heteroatoms. The molecular weight excluding hydrogens is 300 g/mol. The fraction of sp³-hybridized carbons (Fsp3) is 0.667. The number of hydrogen-bond acceptors (Lipinski definition) is 5. The van der Waals surface area contributed by atoms with E-state index in [2.05, 4.69) is 11.0 Å². The van der Waals surface area contributed by atoms with Crippen LogP contribution in [0.3, 0.4) is 0 Å². The van der Waals surface area contributed by atoms with Crippen LogP contribution in [0.1, 0.15) is 29.7 Å². The molecule has 1 saturated carbocycles. The van der Waals surface area contributed by atoms with Crippen molar-refractivity contribution in [2.45, 2.75) is 41.7 Å². The lowest BCUT2D eigenvalue weighted by Crippen LogP contribution is -2.45. The molecule has 3 N–H and O–H groups in total. The first-order valence-corrected chi connectivity index (χ1v) is 9.79. The molecule has 1 aliphatic rings. The van der Waals surface area contributed by atoms with E-state index in [0.29, 0.717) is 17.3 Å². The highest BCUT2D eigenvalue weighted by molar-refractivity contribution is 8.00. The standard InChI is InChI=1S/C12H20N2O2S3/c1-9-6-11(18-10(9)7-13)19(15,16)14-8-12(17-2)4-3-5-12/h6,14H,3-5,7-8,13H2,1-2H3. The molecule has 4 nitrogen and oxygen atoms in total. The van der Waals surface area contributed by atoms with Crippen LogP contribution in [0.15, 0.2) is 10.3 Å². The summed E-state index contributed by atoms with van der Waals surface area (Å²) in [6.07, 6.45) is 5.43. The number of thioether (sulfide) groups is 1. The van der Waals surface area contributed by atoms with Crippen molar-refractivity contribution in [2.75, 3.05) is 12.8 Å². The lowest BCUT2D eigenvalue weighted by molar-refractivity contribution is 0.362. The van der Waals surface area contributed by atoms with Gasteiger partial charge >= 0.3 is 0 Å². The Morgan fingerprint density at radius 2 is 2.21 bits per heavy atom. The minimum absolute atomic E-state index is 0.107. The van der Waals surface area contributed by atoms with Crippen molar-refractivity contribution in [2.24, 2.45) is 5.73 Å². The van der Waals surface area contributed by atoms with Gasteiger partial charge in [0.1, 0.15) is 4.21 Å². The Bertz CT molecular complexity index is 542. The van der Waals surface area contributed by atoms with Gasteiger partial charge in [0.2, 0.25) is 10.0 Å². The molecule has 0 unspecified atom stereocenters. The summed E-state index contributed by atoms with van der Waals surface area (Å²) < 4.78 is 27.8. The van der Waals surface area contributed by atoms with Crippen LogP contribution in [-0.2, 0) is 16.6 Å². The van der Waals surface area contributed by atoms with E-state index in [0.717, 1.165) is 23.3 Å². The van der Waals surface area contributed by atoms with E-state index in [1.54, 1.807) is 17.8 Å². The van der Waals surface area contributed by atoms with Crippen molar-refractivity contribution >= 4 is 33.1 Å². The molecule has 108 valence electrons. The maximum atomic E-state index is 12.3. The average molecular weight is 321 g/mol. The first kappa shape index (κ1) is 15.3. The Morgan fingerprint density at radius 1 is 1.53 bits per heavy atom. The number of rotatable bonds is 6. The van der Waals surface area contributed by atoms with E-state index >= 15 is 0 Å². The van der Waals surface area contributed by atoms with Gasteiger partial charge in [-0.05, 0) is 37.7 Å². The maximum absolute atomic E-state index is 12.3. The molecule has 0 atom stereocenters. The van der Waals surface area contributed by atoms with Gasteiger partial charge in [0.05, 0.1) is 0 Å². The fourth-order valence-corrected chi connectivity index (χ4v) is 5.79. The van der Waals surface area contributed by atoms with E-state index in [4.69, 9.17) is 5.73 Å². The highest BCUT2D eigenvalue weighted by Gasteiger charge is 2.37. The van der Waals surface area contributed by atoms with Crippen molar-refractivity contribution in [1.82, 2.24) is 4.72 Å². The van der Waals surface area contributed by atoms with Crippen molar-refractivity contribution in [3.8, 4) is 0 Å². The molecule has 0 spiro atoms. The van der Waals surface area contributed by atoms with E-state index in [9.17, 15) is 8.42 Å². The second kappa shape index (κ2) is 5.73. The predicted octanol–water partition coefficient (Wildman–Crippen LogP) is 2.08. The third-order valence-corrected chi connectivity index (χ3v) is 8.28. The highest BCUT2D eigenvalue weighted by atomic mass is 32.2. The van der Waals surface area contributed by atoms with Crippen LogP contribution in [0, 0.1) is 6.92 Å². The molecule has 0 amide bonds. The van der Waals surface area contributed by atoms with Crippen molar-refractivity contribution in [1.29, 1.82) is 0 Å². The highest BCUT2D eigenvalue weighted by Crippen LogP contribution is 2.42. The van der Waals surface area contributed by atoms with Crippen LogP contribution in [0.4, 0.5) is 0 Å². The molecule has 0 bridgehead atoms. The topological polar surface area (TPSA) is 72.2 Å². The summed E-state index contributed by atoms with van der Waals surface area (Å²) in [6, 6.07) is 1.71. The van der Waals surface area contributed by atoms with Crippen molar-refractivity contribution in [3.63, 3.8) is 0 Å². The van der Waals surface area contributed by atoms with Crippen LogP contribution in [0.5, 0.6) is 0 Å². The molecule has 0 aromatic carbocycles. The Kier molecular flexibility index (Phi) is 4.62. The minimum atomic E-state index is -3.39. The number of aryl methyl sites for hydroxylation is 1. The average Bonchev–Trinajstić information content (AvgIpc) is 2.70. The monoisotopic (exact) mass is 320 g/mol. The van der Waals surface area contributed by atoms with E-state index in [-0.39, 0.29) is 4.75 Å². The smallest absolute Gasteiger partial charge is 0.250 e. The first-order chi connectivity index (χ1) is 8.92. The third-order valence-electron chi connectivity index (χ3n) is 3.73. The quantitative estimate of drug-likeness (QED) is 0.842. The molecule has 1 aliphatic carbocycles. The van der Waals surface area contributed by atoms with Gasteiger partial charge in [0.15, 0.2) is 0 Å². The summed E-state index contributed by atoms with van der Waals surface area (Å²) in [6.45, 7) is 2.80. The second-order valence-corrected chi connectivity index (χ2v) is 9.35. The van der Waals surface area contributed by atoms with E-state index in [1.165, 1.54) is 17.8 Å². The lowest BCUT2D eigenvalue weighted by Gasteiger charge is -2.40. The summed E-state index contributed by atoms with van der Waals surface area (Å²) in [7, 11) is -3.39. The zero-order valence-electron chi connectivity index (χ0n) is 11.2. The zero-order chi connectivity index (χ0) is 14.1. The normalized spacial score (nSPS) is 18.3. The summed E-state index contributed by atoms with van der Waals surface area (Å²) in [5.74, 6) is 0. The summed E-state index contributed by atoms with van der Waals surface area (Å²) in [4.78, 5) is 0.934. The van der Waals surface area contributed by atoms with Gasteiger partial charge in [0, 0.05) is 22.7 Å². The molecular formula is C12H20N2O2S3. The van der Waals surface area contributed by atoms with Crippen molar-refractivity contribution < 1.29 is 8.42 Å². The predicted molar refractivity (Wildman–Crippen MR) is 82.2 cm³/mol. The fourth-order valence-electron chi connectivity index (χ4n) is 2.15. The molecule has 19 heavy (non-hydrogen) atoms. The minimum Gasteiger partial charge on any atom is -0.326 e. The SMILES string of the molecule is CSC1(CNS(=O)(=O)c2cc(C)c(CN)s2)CCC1. The van der Waals surface area contributed by atoms with Crippen LogP contribution < -0.4 is 10.5 Å². The Morgan fingerprint density at radius 3 is 2.63 bits per heavy atom. The molecule has 0 aliphatic heterocycles. The van der Waals surface area contributed by atoms with Crippen LogP contribution >= 0.6 is 23.1 Å². The van der Waals surface area contributed by atoms with Gasteiger partial charge in [-0.3, -0.25) is 0 Å². The molecule has 1 aromatic rings. The number of sulfonamides is 1. The first-order valence-electron chi connectivity index (χ1n) is 6.27. The molecule has 0 radical (unpaired) electrons. The molecule has 2 rings (SSSR count). The molecule has 1 fully saturated rings. The number of hydrogen-bond donors (Lipinski definition) is 2. The Hall–Kier alpha value is -0.0800. The van der Waals surface area contributed by atoms with Crippen LogP contribution in [0.2, 0.25) is 0 Å². The van der Waals surface area contributed by atoms with Gasteiger partial charge < -0.3 is 5.73 Å². The summed E-state index contributed by atoms with van der Waals surface area (Å²) in [5.41, 5.74) is 6.55. The Labute approximate surface area is 123 Å².